The summed E-state index contributed by atoms with van der Waals surface area (Å²) in [5.74, 6) is -0.173. The van der Waals surface area contributed by atoms with Crippen molar-refractivity contribution in [2.45, 2.75) is 6.92 Å². The molecule has 0 fully saturated rings. The monoisotopic (exact) mass is 290 g/mol. The minimum absolute atomic E-state index is 0.173. The van der Waals surface area contributed by atoms with Gasteiger partial charge in [-0.25, -0.2) is 4.79 Å². The predicted octanol–water partition coefficient (Wildman–Crippen LogP) is 3.57. The maximum atomic E-state index is 11.9. The number of nitrogens with one attached hydrogen (secondary N) is 2. The number of carbonyl (C=O) groups is 2. The summed E-state index contributed by atoms with van der Waals surface area (Å²) < 4.78 is 4.79. The fraction of sp³-hybridized carbons (Fsp3) is 0.143. The number of anilines is 2. The number of hydrogen-bond acceptors (Lipinski definition) is 4. The quantitative estimate of drug-likeness (QED) is 0.904. The van der Waals surface area contributed by atoms with Gasteiger partial charge >= 0.3 is 6.09 Å². The van der Waals surface area contributed by atoms with E-state index in [0.29, 0.717) is 22.9 Å². The van der Waals surface area contributed by atoms with Crippen LogP contribution in [0.5, 0.6) is 0 Å². The van der Waals surface area contributed by atoms with Crippen molar-refractivity contribution in [3.63, 3.8) is 0 Å². The van der Waals surface area contributed by atoms with Crippen LogP contribution >= 0.6 is 11.3 Å². The fourth-order valence-electron chi connectivity index (χ4n) is 1.56. The summed E-state index contributed by atoms with van der Waals surface area (Å²) in [5.41, 5.74) is 1.17. The van der Waals surface area contributed by atoms with E-state index in [-0.39, 0.29) is 5.91 Å². The Bertz CT molecular complexity index is 596. The van der Waals surface area contributed by atoms with Crippen LogP contribution in [0.4, 0.5) is 16.2 Å². The predicted molar refractivity (Wildman–Crippen MR) is 79.4 cm³/mol. The van der Waals surface area contributed by atoms with Gasteiger partial charge in [-0.2, -0.15) is 0 Å². The highest BCUT2D eigenvalue weighted by Gasteiger charge is 2.08. The van der Waals surface area contributed by atoms with Crippen molar-refractivity contribution < 1.29 is 14.3 Å². The number of hydrogen-bond donors (Lipinski definition) is 2. The molecule has 6 heteroatoms. The van der Waals surface area contributed by atoms with E-state index in [0.717, 1.165) is 0 Å². The van der Waals surface area contributed by atoms with Crippen LogP contribution in [0.15, 0.2) is 41.8 Å². The first-order chi connectivity index (χ1) is 9.69. The fourth-order valence-corrected chi connectivity index (χ4v) is 2.18. The highest BCUT2D eigenvalue weighted by Crippen LogP contribution is 2.17. The minimum atomic E-state index is -0.519. The molecule has 1 aromatic carbocycles. The lowest BCUT2D eigenvalue weighted by Crippen LogP contribution is -2.14. The van der Waals surface area contributed by atoms with E-state index in [1.807, 2.05) is 11.4 Å². The lowest BCUT2D eigenvalue weighted by molar-refractivity contribution is 0.103. The Balaban J connectivity index is 2.02. The summed E-state index contributed by atoms with van der Waals surface area (Å²) >= 11 is 1.37. The van der Waals surface area contributed by atoms with Crippen LogP contribution in [-0.2, 0) is 4.74 Å². The van der Waals surface area contributed by atoms with Gasteiger partial charge in [0.05, 0.1) is 11.5 Å². The van der Waals surface area contributed by atoms with Crippen LogP contribution in [0.2, 0.25) is 0 Å². The van der Waals surface area contributed by atoms with Crippen LogP contribution in [-0.4, -0.2) is 18.6 Å². The Morgan fingerprint density at radius 1 is 1.15 bits per heavy atom. The molecule has 1 heterocycles. The molecule has 0 saturated carbocycles. The van der Waals surface area contributed by atoms with Gasteiger partial charge in [0.25, 0.3) is 5.91 Å². The number of benzene rings is 1. The molecule has 0 aliphatic heterocycles. The Kier molecular flexibility index (Phi) is 4.73. The van der Waals surface area contributed by atoms with Gasteiger partial charge in [-0.3, -0.25) is 10.1 Å². The van der Waals surface area contributed by atoms with Crippen LogP contribution in [0.25, 0.3) is 0 Å². The van der Waals surface area contributed by atoms with E-state index in [2.05, 4.69) is 10.6 Å². The van der Waals surface area contributed by atoms with Crippen LogP contribution in [0.3, 0.4) is 0 Å². The third-order valence-corrected chi connectivity index (χ3v) is 3.26. The molecule has 0 atom stereocenters. The number of amides is 2. The van der Waals surface area contributed by atoms with Crippen molar-refractivity contribution in [2.75, 3.05) is 17.2 Å². The number of thiophene rings is 1. The highest BCUT2D eigenvalue weighted by atomic mass is 32.1. The molecule has 2 amide bonds. The van der Waals surface area contributed by atoms with Crippen molar-refractivity contribution in [1.29, 1.82) is 0 Å². The van der Waals surface area contributed by atoms with Gasteiger partial charge in [-0.05, 0) is 36.6 Å². The highest BCUT2D eigenvalue weighted by molar-refractivity contribution is 7.12. The average Bonchev–Trinajstić information content (AvgIpc) is 2.93. The van der Waals surface area contributed by atoms with Crippen molar-refractivity contribution in [3.05, 3.63) is 46.7 Å². The van der Waals surface area contributed by atoms with Crippen molar-refractivity contribution >= 4 is 34.7 Å². The average molecular weight is 290 g/mol. The first kappa shape index (κ1) is 14.1. The molecule has 5 nitrogen and oxygen atoms in total. The molecule has 0 spiro atoms. The van der Waals surface area contributed by atoms with Crippen molar-refractivity contribution in [3.8, 4) is 0 Å². The maximum Gasteiger partial charge on any atom is 0.411 e. The van der Waals surface area contributed by atoms with Gasteiger partial charge in [0.15, 0.2) is 0 Å². The molecule has 2 aromatic rings. The van der Waals surface area contributed by atoms with E-state index in [1.54, 1.807) is 37.3 Å². The SMILES string of the molecule is CCOC(=O)Nc1cccc(NC(=O)c2cccs2)c1. The van der Waals surface area contributed by atoms with E-state index >= 15 is 0 Å². The molecule has 2 rings (SSSR count). The summed E-state index contributed by atoms with van der Waals surface area (Å²) in [6, 6.07) is 10.5. The molecule has 104 valence electrons. The normalized spacial score (nSPS) is 9.85. The standard InChI is InChI=1S/C14H14N2O3S/c1-2-19-14(18)16-11-6-3-5-10(9-11)15-13(17)12-7-4-8-20-12/h3-9H,2H2,1H3,(H,15,17)(H,16,18). The van der Waals surface area contributed by atoms with Crippen molar-refractivity contribution in [2.24, 2.45) is 0 Å². The zero-order chi connectivity index (χ0) is 14.4. The Hall–Kier alpha value is -2.34. The van der Waals surface area contributed by atoms with Gasteiger partial charge in [0.2, 0.25) is 0 Å². The van der Waals surface area contributed by atoms with E-state index in [9.17, 15) is 9.59 Å². The molecule has 0 bridgehead atoms. The number of carbonyl (C=O) groups excluding carboxylic acids is 2. The molecule has 0 saturated heterocycles. The zero-order valence-electron chi connectivity index (χ0n) is 10.9. The Morgan fingerprint density at radius 3 is 2.55 bits per heavy atom. The smallest absolute Gasteiger partial charge is 0.411 e. The van der Waals surface area contributed by atoms with Gasteiger partial charge in [-0.1, -0.05) is 12.1 Å². The zero-order valence-corrected chi connectivity index (χ0v) is 11.7. The first-order valence-corrected chi connectivity index (χ1v) is 6.95. The molecule has 1 aromatic heterocycles. The molecule has 20 heavy (non-hydrogen) atoms. The second kappa shape index (κ2) is 6.72. The van der Waals surface area contributed by atoms with E-state index in [4.69, 9.17) is 4.74 Å². The molecular weight excluding hydrogens is 276 g/mol. The third kappa shape index (κ3) is 3.83. The number of ether oxygens (including phenoxy) is 1. The van der Waals surface area contributed by atoms with E-state index < -0.39 is 6.09 Å². The molecule has 2 N–H and O–H groups in total. The maximum absolute atomic E-state index is 11.9. The Morgan fingerprint density at radius 2 is 1.90 bits per heavy atom. The third-order valence-electron chi connectivity index (χ3n) is 2.39. The summed E-state index contributed by atoms with van der Waals surface area (Å²) in [4.78, 5) is 23.8. The van der Waals surface area contributed by atoms with Gasteiger partial charge in [0, 0.05) is 11.4 Å². The minimum Gasteiger partial charge on any atom is -0.450 e. The van der Waals surface area contributed by atoms with Gasteiger partial charge in [-0.15, -0.1) is 11.3 Å². The molecule has 0 radical (unpaired) electrons. The largest absolute Gasteiger partial charge is 0.450 e. The van der Waals surface area contributed by atoms with E-state index in [1.165, 1.54) is 11.3 Å². The van der Waals surface area contributed by atoms with Crippen molar-refractivity contribution in [1.82, 2.24) is 0 Å². The molecular formula is C14H14N2O3S. The summed E-state index contributed by atoms with van der Waals surface area (Å²) in [5, 5.41) is 7.19. The lowest BCUT2D eigenvalue weighted by Gasteiger charge is -2.08. The van der Waals surface area contributed by atoms with Crippen LogP contribution in [0, 0.1) is 0 Å². The lowest BCUT2D eigenvalue weighted by atomic mass is 10.2. The second-order valence-corrected chi connectivity index (χ2v) is 4.81. The summed E-state index contributed by atoms with van der Waals surface area (Å²) in [6.07, 6.45) is -0.519. The molecule has 0 aliphatic rings. The topological polar surface area (TPSA) is 67.4 Å². The van der Waals surface area contributed by atoms with Crippen LogP contribution < -0.4 is 10.6 Å². The Labute approximate surface area is 120 Å². The molecule has 0 aliphatic carbocycles. The summed E-state index contributed by atoms with van der Waals surface area (Å²) in [6.45, 7) is 2.04. The van der Waals surface area contributed by atoms with Crippen LogP contribution in [0.1, 0.15) is 16.6 Å². The first-order valence-electron chi connectivity index (χ1n) is 6.07. The molecule has 0 unspecified atom stereocenters. The summed E-state index contributed by atoms with van der Waals surface area (Å²) in [7, 11) is 0. The van der Waals surface area contributed by atoms with Gasteiger partial charge < -0.3 is 10.1 Å². The number of rotatable bonds is 4. The van der Waals surface area contributed by atoms with Gasteiger partial charge in [0.1, 0.15) is 0 Å². The second-order valence-electron chi connectivity index (χ2n) is 3.86.